The van der Waals surface area contributed by atoms with Gasteiger partial charge < -0.3 is 9.84 Å². The van der Waals surface area contributed by atoms with Gasteiger partial charge in [0.1, 0.15) is 11.7 Å². The van der Waals surface area contributed by atoms with Crippen molar-refractivity contribution in [2.45, 2.75) is 50.4 Å². The molecule has 2 fully saturated rings. The van der Waals surface area contributed by atoms with E-state index in [4.69, 9.17) is 4.74 Å². The smallest absolute Gasteiger partial charge is 0.124 e. The summed E-state index contributed by atoms with van der Waals surface area (Å²) in [6.07, 6.45) is 4.42. The number of ether oxygens (including phenoxy) is 1. The van der Waals surface area contributed by atoms with Crippen LogP contribution in [-0.2, 0) is 4.74 Å². The summed E-state index contributed by atoms with van der Waals surface area (Å²) < 4.78 is 5.58. The van der Waals surface area contributed by atoms with E-state index in [1.165, 1.54) is 12.8 Å². The molecule has 0 amide bonds. The number of fused-ring (bicyclic) bond motifs is 1. The fourth-order valence-corrected chi connectivity index (χ4v) is 2.28. The van der Waals surface area contributed by atoms with E-state index >= 15 is 0 Å². The fourth-order valence-electron chi connectivity index (χ4n) is 2.28. The van der Waals surface area contributed by atoms with E-state index < -0.39 is 6.10 Å². The summed E-state index contributed by atoms with van der Waals surface area (Å²) in [5.74, 6) is 0. The lowest BCUT2D eigenvalue weighted by molar-refractivity contribution is 0.0954. The summed E-state index contributed by atoms with van der Waals surface area (Å²) in [6.45, 7) is 5.64. The van der Waals surface area contributed by atoms with Gasteiger partial charge in [0.15, 0.2) is 0 Å². The second-order valence-electron chi connectivity index (χ2n) is 4.06. The first-order valence-electron chi connectivity index (χ1n) is 4.68. The summed E-state index contributed by atoms with van der Waals surface area (Å²) in [5.41, 5.74) is 0.615. The summed E-state index contributed by atoms with van der Waals surface area (Å²) in [6, 6.07) is 0. The van der Waals surface area contributed by atoms with Crippen LogP contribution in [0.15, 0.2) is 12.2 Å². The Hall–Kier alpha value is -0.340. The molecule has 3 atom stereocenters. The van der Waals surface area contributed by atoms with Crippen molar-refractivity contribution in [1.29, 1.82) is 0 Å². The van der Waals surface area contributed by atoms with Crippen LogP contribution in [0.3, 0.4) is 0 Å². The van der Waals surface area contributed by atoms with Crippen LogP contribution in [0.5, 0.6) is 0 Å². The van der Waals surface area contributed by atoms with E-state index in [1.54, 1.807) is 0 Å². The zero-order chi connectivity index (χ0) is 8.77. The lowest BCUT2D eigenvalue weighted by Crippen LogP contribution is -2.34. The summed E-state index contributed by atoms with van der Waals surface area (Å²) in [7, 11) is 0. The number of rotatable bonds is 2. The second-order valence-corrected chi connectivity index (χ2v) is 4.06. The fraction of sp³-hybridized carbons (Fsp3) is 0.800. The first kappa shape index (κ1) is 8.27. The van der Waals surface area contributed by atoms with Crippen molar-refractivity contribution in [1.82, 2.24) is 0 Å². The molecular weight excluding hydrogens is 152 g/mol. The molecule has 2 aliphatic rings. The topological polar surface area (TPSA) is 32.8 Å². The molecule has 1 unspecified atom stereocenters. The third-order valence-corrected chi connectivity index (χ3v) is 3.06. The number of aliphatic hydroxyl groups excluding tert-OH is 1. The molecular formula is C10H16O2. The van der Waals surface area contributed by atoms with Crippen molar-refractivity contribution in [3.63, 3.8) is 0 Å². The highest BCUT2D eigenvalue weighted by Crippen LogP contribution is 2.51. The molecule has 0 spiro atoms. The first-order chi connectivity index (χ1) is 5.67. The molecule has 1 heterocycles. The highest BCUT2D eigenvalue weighted by molar-refractivity contribution is 5.18. The van der Waals surface area contributed by atoms with Crippen molar-refractivity contribution in [2.75, 3.05) is 0 Å². The monoisotopic (exact) mass is 168 g/mol. The maximum atomic E-state index is 9.83. The zero-order valence-electron chi connectivity index (χ0n) is 7.55. The largest absolute Gasteiger partial charge is 0.386 e. The Bertz CT molecular complexity index is 212. The van der Waals surface area contributed by atoms with Gasteiger partial charge in [-0.05, 0) is 25.3 Å². The van der Waals surface area contributed by atoms with Crippen LogP contribution in [0.4, 0.5) is 0 Å². The van der Waals surface area contributed by atoms with Gasteiger partial charge in [0.2, 0.25) is 0 Å². The highest BCUT2D eigenvalue weighted by Gasteiger charge is 2.61. The Morgan fingerprint density at radius 2 is 2.42 bits per heavy atom. The van der Waals surface area contributed by atoms with Crippen LogP contribution < -0.4 is 0 Å². The minimum Gasteiger partial charge on any atom is -0.386 e. The number of hydrogen-bond acceptors (Lipinski definition) is 2. The van der Waals surface area contributed by atoms with Gasteiger partial charge in [0, 0.05) is 0 Å². The molecule has 1 saturated carbocycles. The maximum absolute atomic E-state index is 9.83. The normalized spacial score (nSPS) is 41.7. The molecule has 0 bridgehead atoms. The van der Waals surface area contributed by atoms with Crippen molar-refractivity contribution in [3.05, 3.63) is 12.2 Å². The van der Waals surface area contributed by atoms with Crippen LogP contribution in [-0.4, -0.2) is 22.9 Å². The molecule has 1 aliphatic heterocycles. The van der Waals surface area contributed by atoms with Gasteiger partial charge >= 0.3 is 0 Å². The van der Waals surface area contributed by atoms with Gasteiger partial charge in [-0.2, -0.15) is 0 Å². The van der Waals surface area contributed by atoms with Crippen LogP contribution in [0.1, 0.15) is 32.6 Å². The van der Waals surface area contributed by atoms with Gasteiger partial charge in [-0.3, -0.25) is 0 Å². The first-order valence-corrected chi connectivity index (χ1v) is 4.68. The number of aliphatic hydroxyl groups is 1. The SMILES string of the molecule is C=C(C)[C@H](O)[C@@]12CCCCC1O2. The lowest BCUT2D eigenvalue weighted by atomic mass is 9.83. The maximum Gasteiger partial charge on any atom is 0.124 e. The van der Waals surface area contributed by atoms with E-state index in [0.29, 0.717) is 6.10 Å². The number of hydrogen-bond donors (Lipinski definition) is 1. The Morgan fingerprint density at radius 1 is 1.67 bits per heavy atom. The van der Waals surface area contributed by atoms with Crippen molar-refractivity contribution >= 4 is 0 Å². The van der Waals surface area contributed by atoms with E-state index in [9.17, 15) is 5.11 Å². The van der Waals surface area contributed by atoms with Crippen LogP contribution >= 0.6 is 0 Å². The molecule has 0 aromatic heterocycles. The zero-order valence-corrected chi connectivity index (χ0v) is 7.55. The van der Waals surface area contributed by atoms with E-state index in [0.717, 1.165) is 18.4 Å². The van der Waals surface area contributed by atoms with Gasteiger partial charge in [-0.1, -0.05) is 19.4 Å². The van der Waals surface area contributed by atoms with E-state index in [1.807, 2.05) is 6.92 Å². The quantitative estimate of drug-likeness (QED) is 0.502. The average Bonchev–Trinajstić information content (AvgIpc) is 2.77. The van der Waals surface area contributed by atoms with Crippen LogP contribution in [0.2, 0.25) is 0 Å². The van der Waals surface area contributed by atoms with Gasteiger partial charge in [0.25, 0.3) is 0 Å². The Morgan fingerprint density at radius 3 is 3.00 bits per heavy atom. The van der Waals surface area contributed by atoms with Gasteiger partial charge in [-0.25, -0.2) is 0 Å². The molecule has 2 nitrogen and oxygen atoms in total. The molecule has 1 aliphatic carbocycles. The van der Waals surface area contributed by atoms with Gasteiger partial charge in [-0.15, -0.1) is 0 Å². The lowest BCUT2D eigenvalue weighted by Gasteiger charge is -2.22. The van der Waals surface area contributed by atoms with E-state index in [2.05, 4.69) is 6.58 Å². The van der Waals surface area contributed by atoms with Gasteiger partial charge in [0.05, 0.1) is 6.10 Å². The Balaban J connectivity index is 2.08. The summed E-state index contributed by atoms with van der Waals surface area (Å²) >= 11 is 0. The molecule has 68 valence electrons. The molecule has 2 heteroatoms. The minimum absolute atomic E-state index is 0.218. The molecule has 1 saturated heterocycles. The Labute approximate surface area is 73.2 Å². The minimum atomic E-state index is -0.442. The third kappa shape index (κ3) is 1.02. The predicted molar refractivity (Wildman–Crippen MR) is 46.9 cm³/mol. The number of epoxide rings is 1. The molecule has 0 aromatic rings. The standard InChI is InChI=1S/C10H16O2/c1-7(2)9(11)10-6-4-3-5-8(10)12-10/h8-9,11H,1,3-6H2,2H3/t8?,9-,10+/m0/s1. The predicted octanol–water partition coefficient (Wildman–Crippen LogP) is 1.64. The third-order valence-electron chi connectivity index (χ3n) is 3.06. The Kier molecular flexibility index (Phi) is 1.77. The molecule has 1 N–H and O–H groups in total. The second kappa shape index (κ2) is 2.57. The highest BCUT2D eigenvalue weighted by atomic mass is 16.6. The van der Waals surface area contributed by atoms with Crippen molar-refractivity contribution in [3.8, 4) is 0 Å². The molecule has 0 aromatic carbocycles. The van der Waals surface area contributed by atoms with Crippen molar-refractivity contribution < 1.29 is 9.84 Å². The average molecular weight is 168 g/mol. The molecule has 12 heavy (non-hydrogen) atoms. The molecule has 2 rings (SSSR count). The van der Waals surface area contributed by atoms with Crippen LogP contribution in [0.25, 0.3) is 0 Å². The molecule has 0 radical (unpaired) electrons. The summed E-state index contributed by atoms with van der Waals surface area (Å²) in [5, 5.41) is 9.83. The van der Waals surface area contributed by atoms with Crippen LogP contribution in [0, 0.1) is 0 Å². The summed E-state index contributed by atoms with van der Waals surface area (Å²) in [4.78, 5) is 0. The van der Waals surface area contributed by atoms with E-state index in [-0.39, 0.29) is 5.60 Å². The van der Waals surface area contributed by atoms with Crippen molar-refractivity contribution in [2.24, 2.45) is 0 Å².